The van der Waals surface area contributed by atoms with E-state index in [-0.39, 0.29) is 23.5 Å². The van der Waals surface area contributed by atoms with Crippen LogP contribution in [-0.2, 0) is 23.7 Å². The Kier molecular flexibility index (Phi) is 4.68. The first-order valence-corrected chi connectivity index (χ1v) is 9.65. The number of nitrogens with one attached hydrogen (secondary N) is 1. The molecule has 1 saturated heterocycles. The number of hydrogen-bond acceptors (Lipinski definition) is 3. The monoisotopic (exact) mass is 368 g/mol. The van der Waals surface area contributed by atoms with Crippen LogP contribution in [0.3, 0.4) is 0 Å². The summed E-state index contributed by atoms with van der Waals surface area (Å²) in [6.45, 7) is 7.14. The van der Waals surface area contributed by atoms with Crippen molar-refractivity contribution in [2.75, 3.05) is 19.7 Å². The average molecular weight is 368 g/mol. The molecule has 1 fully saturated rings. The molecule has 6 heteroatoms. The van der Waals surface area contributed by atoms with Gasteiger partial charge in [-0.3, -0.25) is 4.68 Å². The smallest absolute Gasteiger partial charge is 0.317 e. The van der Waals surface area contributed by atoms with Crippen molar-refractivity contribution in [1.29, 1.82) is 0 Å². The van der Waals surface area contributed by atoms with Gasteiger partial charge in [0.25, 0.3) is 0 Å². The van der Waals surface area contributed by atoms with Crippen LogP contribution in [-0.4, -0.2) is 40.4 Å². The van der Waals surface area contributed by atoms with Crippen LogP contribution in [0.5, 0.6) is 0 Å². The first-order valence-electron chi connectivity index (χ1n) is 9.65. The summed E-state index contributed by atoms with van der Waals surface area (Å²) in [7, 11) is 1.91. The van der Waals surface area contributed by atoms with E-state index in [1.165, 1.54) is 11.1 Å². The van der Waals surface area contributed by atoms with Gasteiger partial charge >= 0.3 is 6.03 Å². The molecule has 0 radical (unpaired) electrons. The number of hydrogen-bond donors (Lipinski definition) is 1. The second-order valence-corrected chi connectivity index (χ2v) is 8.37. The molecule has 0 aliphatic carbocycles. The van der Waals surface area contributed by atoms with Crippen molar-refractivity contribution < 1.29 is 9.53 Å². The minimum atomic E-state index is -0.0408. The number of aryl methyl sites for hydroxylation is 1. The Hall–Kier alpha value is -2.34. The van der Waals surface area contributed by atoms with E-state index in [0.29, 0.717) is 13.1 Å². The van der Waals surface area contributed by atoms with Crippen molar-refractivity contribution in [3.63, 3.8) is 0 Å². The molecule has 1 aromatic carbocycles. The molecule has 2 aromatic rings. The Labute approximate surface area is 160 Å². The zero-order valence-corrected chi connectivity index (χ0v) is 16.3. The molecular formula is C21H28N4O2. The Morgan fingerprint density at radius 2 is 2.19 bits per heavy atom. The molecule has 0 spiro atoms. The number of amides is 2. The predicted molar refractivity (Wildman–Crippen MR) is 103 cm³/mol. The van der Waals surface area contributed by atoms with Crippen LogP contribution >= 0.6 is 0 Å². The summed E-state index contributed by atoms with van der Waals surface area (Å²) in [6.07, 6.45) is 4.82. The fourth-order valence-electron chi connectivity index (χ4n) is 4.41. The molecule has 2 aliphatic rings. The number of rotatable bonds is 3. The predicted octanol–water partition coefficient (Wildman–Crippen LogP) is 3.00. The first-order chi connectivity index (χ1) is 12.9. The highest BCUT2D eigenvalue weighted by atomic mass is 16.5. The van der Waals surface area contributed by atoms with Gasteiger partial charge in [-0.25, -0.2) is 4.79 Å². The topological polar surface area (TPSA) is 59.4 Å². The molecule has 2 atom stereocenters. The third-order valence-corrected chi connectivity index (χ3v) is 5.76. The molecule has 2 aliphatic heterocycles. The lowest BCUT2D eigenvalue weighted by Gasteiger charge is -2.40. The third-order valence-electron chi connectivity index (χ3n) is 5.76. The fraction of sp³-hybridized carbons (Fsp3) is 0.524. The number of aromatic nitrogens is 2. The lowest BCUT2D eigenvalue weighted by Crippen LogP contribution is -2.49. The van der Waals surface area contributed by atoms with E-state index in [4.69, 9.17) is 4.74 Å². The average Bonchev–Trinajstić information content (AvgIpc) is 3.27. The van der Waals surface area contributed by atoms with Crippen molar-refractivity contribution in [2.45, 2.75) is 38.3 Å². The zero-order chi connectivity index (χ0) is 19.0. The molecule has 0 unspecified atom stereocenters. The van der Waals surface area contributed by atoms with Crippen LogP contribution in [0.1, 0.15) is 43.1 Å². The van der Waals surface area contributed by atoms with E-state index >= 15 is 0 Å². The molecule has 6 nitrogen and oxygen atoms in total. The minimum Gasteiger partial charge on any atom is -0.373 e. The Balaban J connectivity index is 1.40. The summed E-state index contributed by atoms with van der Waals surface area (Å²) in [5, 5.41) is 7.39. The third kappa shape index (κ3) is 3.58. The second kappa shape index (κ2) is 7.00. The van der Waals surface area contributed by atoms with Crippen molar-refractivity contribution in [3.05, 3.63) is 53.3 Å². The Morgan fingerprint density at radius 1 is 1.37 bits per heavy atom. The Bertz CT molecular complexity index is 829. The molecule has 1 N–H and O–H groups in total. The molecule has 2 amide bonds. The fourth-order valence-corrected chi connectivity index (χ4v) is 4.41. The summed E-state index contributed by atoms with van der Waals surface area (Å²) >= 11 is 0. The minimum absolute atomic E-state index is 0.00872. The number of carbonyl (C=O) groups excluding carboxylic acids is 1. The molecular weight excluding hydrogens is 340 g/mol. The lowest BCUT2D eigenvalue weighted by atomic mass is 9.78. The van der Waals surface area contributed by atoms with E-state index in [2.05, 4.69) is 42.5 Å². The summed E-state index contributed by atoms with van der Waals surface area (Å²) in [6, 6.07) is 8.44. The highest BCUT2D eigenvalue weighted by Gasteiger charge is 2.35. The van der Waals surface area contributed by atoms with Gasteiger partial charge in [0.05, 0.1) is 12.3 Å². The van der Waals surface area contributed by atoms with Crippen LogP contribution in [0.4, 0.5) is 4.79 Å². The normalized spacial score (nSPS) is 23.9. The molecule has 4 rings (SSSR count). The maximum absolute atomic E-state index is 12.9. The molecule has 144 valence electrons. The van der Waals surface area contributed by atoms with Crippen LogP contribution in [0, 0.1) is 5.92 Å². The summed E-state index contributed by atoms with van der Waals surface area (Å²) in [5.74, 6) is 0.281. The molecule has 1 aromatic heterocycles. The largest absolute Gasteiger partial charge is 0.373 e. The maximum Gasteiger partial charge on any atom is 0.317 e. The van der Waals surface area contributed by atoms with Crippen LogP contribution in [0.2, 0.25) is 0 Å². The van der Waals surface area contributed by atoms with Gasteiger partial charge in [-0.15, -0.1) is 0 Å². The maximum atomic E-state index is 12.9. The number of ether oxygens (including phenoxy) is 1. The van der Waals surface area contributed by atoms with Crippen LogP contribution < -0.4 is 5.32 Å². The summed E-state index contributed by atoms with van der Waals surface area (Å²) in [4.78, 5) is 14.8. The van der Waals surface area contributed by atoms with Gasteiger partial charge in [0.1, 0.15) is 0 Å². The van der Waals surface area contributed by atoms with Gasteiger partial charge in [-0.2, -0.15) is 5.10 Å². The van der Waals surface area contributed by atoms with Gasteiger partial charge < -0.3 is 15.0 Å². The number of carbonyl (C=O) groups is 1. The van der Waals surface area contributed by atoms with Crippen molar-refractivity contribution in [1.82, 2.24) is 20.0 Å². The molecule has 27 heavy (non-hydrogen) atoms. The summed E-state index contributed by atoms with van der Waals surface area (Å²) < 4.78 is 7.70. The van der Waals surface area contributed by atoms with Gasteiger partial charge in [-0.05, 0) is 17.5 Å². The number of fused-ring (bicyclic) bond motifs is 1. The van der Waals surface area contributed by atoms with Crippen molar-refractivity contribution in [3.8, 4) is 0 Å². The lowest BCUT2D eigenvalue weighted by molar-refractivity contribution is 0.0901. The van der Waals surface area contributed by atoms with Gasteiger partial charge in [0.2, 0.25) is 0 Å². The second-order valence-electron chi connectivity index (χ2n) is 8.37. The van der Waals surface area contributed by atoms with E-state index < -0.39 is 0 Å². The highest BCUT2D eigenvalue weighted by Crippen LogP contribution is 2.35. The molecule has 0 saturated carbocycles. The first kappa shape index (κ1) is 18.0. The molecule has 0 bridgehead atoms. The van der Waals surface area contributed by atoms with E-state index in [1.807, 2.05) is 30.4 Å². The Morgan fingerprint density at radius 3 is 2.96 bits per heavy atom. The summed E-state index contributed by atoms with van der Waals surface area (Å²) in [5.41, 5.74) is 3.62. The van der Waals surface area contributed by atoms with Gasteiger partial charge in [0.15, 0.2) is 0 Å². The number of benzene rings is 1. The van der Waals surface area contributed by atoms with E-state index in [0.717, 1.165) is 25.1 Å². The van der Waals surface area contributed by atoms with Crippen LogP contribution in [0.25, 0.3) is 0 Å². The standard InChI is InChI=1S/C21H28N4O2/c1-21(2)14-25(13-16-6-4-5-7-18(16)21)20(26)22-10-15-8-9-27-19(15)17-11-23-24(3)12-17/h4-7,11-12,15,19H,8-10,13-14H2,1-3H3,(H,22,26)/t15-,19+/m0/s1. The molecule has 3 heterocycles. The zero-order valence-electron chi connectivity index (χ0n) is 16.3. The SMILES string of the molecule is Cn1cc([C@@H]2OCC[C@H]2CNC(=O)N2Cc3ccccc3C(C)(C)C2)cn1. The van der Waals surface area contributed by atoms with Crippen molar-refractivity contribution in [2.24, 2.45) is 13.0 Å². The van der Waals surface area contributed by atoms with E-state index in [9.17, 15) is 4.79 Å². The van der Waals surface area contributed by atoms with Gasteiger partial charge in [-0.1, -0.05) is 38.1 Å². The quantitative estimate of drug-likeness (QED) is 0.906. The van der Waals surface area contributed by atoms with E-state index in [1.54, 1.807) is 4.68 Å². The number of nitrogens with zero attached hydrogens (tertiary/aromatic N) is 3. The van der Waals surface area contributed by atoms with Crippen molar-refractivity contribution >= 4 is 6.03 Å². The highest BCUT2D eigenvalue weighted by molar-refractivity contribution is 5.75. The number of urea groups is 1. The van der Waals surface area contributed by atoms with Gasteiger partial charge in [0, 0.05) is 56.4 Å². The van der Waals surface area contributed by atoms with Crippen LogP contribution in [0.15, 0.2) is 36.7 Å².